The molecular formula is C122H90BN7. The zero-order valence-electron chi connectivity index (χ0n) is 73.3. The van der Waals surface area contributed by atoms with Gasteiger partial charge in [0.2, 0.25) is 0 Å². The molecule has 0 unspecified atom stereocenters. The molecule has 23 aromatic rings. The molecule has 0 saturated heterocycles. The van der Waals surface area contributed by atoms with Crippen molar-refractivity contribution in [2.75, 3.05) is 14.7 Å². The third kappa shape index (κ3) is 11.9. The van der Waals surface area contributed by atoms with E-state index in [-0.39, 0.29) is 17.5 Å². The van der Waals surface area contributed by atoms with Crippen LogP contribution in [0.25, 0.3) is 154 Å². The number of nitrogens with zero attached hydrogens (tertiary/aromatic N) is 7. The fourth-order valence-electron chi connectivity index (χ4n) is 21.7. The van der Waals surface area contributed by atoms with Crippen LogP contribution in [0.5, 0.6) is 0 Å². The van der Waals surface area contributed by atoms with Crippen LogP contribution in [-0.2, 0) is 10.8 Å². The van der Waals surface area contributed by atoms with E-state index in [0.717, 1.165) is 163 Å². The Morgan fingerprint density at radius 3 is 0.800 bits per heavy atom. The number of hydrogen-bond donors (Lipinski definition) is 0. The molecule has 0 bridgehead atoms. The lowest BCUT2D eigenvalue weighted by molar-refractivity contribution is 0.590. The van der Waals surface area contributed by atoms with Crippen LogP contribution >= 0.6 is 0 Å². The van der Waals surface area contributed by atoms with E-state index >= 15 is 0 Å². The third-order valence-corrected chi connectivity index (χ3v) is 27.7. The average Bonchev–Trinajstić information content (AvgIpc) is 0.798. The normalized spacial score (nSPS) is 12.6. The SMILES string of the molecule is CC(C)(C)c1ccc(N(c2ccc(C(C)(C)C)cc2)c2cc3c4c(c2)N(c2ccccc2-c2ccccc2)c2cc(-c5cccc(-n6c7ccccc7c7ccccc76)c5-n5c6ccccc6c6ccccc65)ccc2B4c2ccc(-c4cccc(-n5c6ccccc6c6ccccc65)c4-n4c5ccccc5c5ccccc54)cc2N3c2ccccc2-c2ccccc2)cc1. The molecule has 0 N–H and O–H groups in total. The first-order chi connectivity index (χ1) is 63.8. The highest BCUT2D eigenvalue weighted by Gasteiger charge is 2.46. The van der Waals surface area contributed by atoms with Gasteiger partial charge in [-0.1, -0.05) is 357 Å². The van der Waals surface area contributed by atoms with Gasteiger partial charge < -0.3 is 33.0 Å². The van der Waals surface area contributed by atoms with Crippen LogP contribution in [0.4, 0.5) is 51.2 Å². The number of hydrogen-bond acceptors (Lipinski definition) is 3. The molecule has 4 aromatic heterocycles. The maximum atomic E-state index is 2.67. The number of aromatic nitrogens is 4. The van der Waals surface area contributed by atoms with E-state index in [0.29, 0.717) is 0 Å². The molecule has 130 heavy (non-hydrogen) atoms. The Kier molecular flexibility index (Phi) is 17.5. The van der Waals surface area contributed by atoms with E-state index in [4.69, 9.17) is 0 Å². The zero-order valence-corrected chi connectivity index (χ0v) is 73.3. The number of benzene rings is 19. The first kappa shape index (κ1) is 76.3. The second-order valence-electron chi connectivity index (χ2n) is 37.1. The summed E-state index contributed by atoms with van der Waals surface area (Å²) in [5, 5.41) is 9.60. The molecular weight excluding hydrogens is 1570 g/mol. The number of anilines is 9. The Hall–Kier alpha value is -16.2. The Bertz CT molecular complexity index is 7820. The van der Waals surface area contributed by atoms with Gasteiger partial charge in [-0.25, -0.2) is 0 Å². The fourth-order valence-corrected chi connectivity index (χ4v) is 21.7. The van der Waals surface area contributed by atoms with Crippen LogP contribution in [0.1, 0.15) is 52.7 Å². The topological polar surface area (TPSA) is 29.4 Å². The van der Waals surface area contributed by atoms with Gasteiger partial charge >= 0.3 is 0 Å². The van der Waals surface area contributed by atoms with Crippen molar-refractivity contribution >= 4 is 162 Å². The monoisotopic (exact) mass is 1660 g/mol. The Labute approximate surface area is 756 Å². The molecule has 0 radical (unpaired) electrons. The second kappa shape index (κ2) is 29.7. The van der Waals surface area contributed by atoms with Crippen molar-refractivity contribution in [3.8, 4) is 67.3 Å². The van der Waals surface area contributed by atoms with E-state index in [1.807, 2.05) is 0 Å². The Morgan fingerprint density at radius 1 is 0.200 bits per heavy atom. The highest BCUT2D eigenvalue weighted by molar-refractivity contribution is 7.00. The molecule has 2 aliphatic heterocycles. The van der Waals surface area contributed by atoms with Crippen LogP contribution in [-0.4, -0.2) is 25.0 Å². The van der Waals surface area contributed by atoms with Crippen molar-refractivity contribution in [2.24, 2.45) is 0 Å². The molecule has 0 fully saturated rings. The van der Waals surface area contributed by atoms with Gasteiger partial charge in [-0.15, -0.1) is 0 Å². The lowest BCUT2D eigenvalue weighted by atomic mass is 9.33. The van der Waals surface area contributed by atoms with Gasteiger partial charge in [0.05, 0.1) is 83.9 Å². The molecule has 0 saturated carbocycles. The molecule has 25 rings (SSSR count). The quantitative estimate of drug-likeness (QED) is 0.108. The molecule has 2 aliphatic rings. The van der Waals surface area contributed by atoms with Gasteiger partial charge in [0.25, 0.3) is 6.71 Å². The average molecular weight is 1660 g/mol. The number of rotatable bonds is 13. The molecule has 19 aromatic carbocycles. The zero-order chi connectivity index (χ0) is 86.8. The van der Waals surface area contributed by atoms with Crippen LogP contribution < -0.4 is 31.1 Å². The van der Waals surface area contributed by atoms with Crippen molar-refractivity contribution in [3.05, 3.63) is 448 Å². The molecule has 0 atom stereocenters. The van der Waals surface area contributed by atoms with E-state index in [1.165, 1.54) is 70.6 Å². The fraction of sp³-hybridized carbons (Fsp3) is 0.0656. The van der Waals surface area contributed by atoms with Gasteiger partial charge in [-0.3, -0.25) is 0 Å². The summed E-state index contributed by atoms with van der Waals surface area (Å²) in [6, 6.07) is 165. The molecule has 616 valence electrons. The lowest BCUT2D eigenvalue weighted by Gasteiger charge is -2.46. The second-order valence-corrected chi connectivity index (χ2v) is 37.1. The highest BCUT2D eigenvalue weighted by Crippen LogP contribution is 2.55. The van der Waals surface area contributed by atoms with E-state index < -0.39 is 0 Å². The predicted octanol–water partition coefficient (Wildman–Crippen LogP) is 30.9. The predicted molar refractivity (Wildman–Crippen MR) is 552 cm³/mol. The van der Waals surface area contributed by atoms with Crippen LogP contribution in [0.15, 0.2) is 437 Å². The van der Waals surface area contributed by atoms with Gasteiger partial charge in [-0.2, -0.15) is 0 Å². The summed E-state index contributed by atoms with van der Waals surface area (Å²) in [6.07, 6.45) is 0. The first-order valence-electron chi connectivity index (χ1n) is 45.4. The van der Waals surface area contributed by atoms with Crippen molar-refractivity contribution in [3.63, 3.8) is 0 Å². The lowest BCUT2D eigenvalue weighted by Crippen LogP contribution is -2.61. The standard InChI is InChI=1S/C122H90BN7/c1-121(2,3)83-65-69-85(70-66-83)124(86-71-67-84(68-72-86)122(4,5)6)87-77-116-118-117(78-87)128(103-52-24-14-40-89(103)80-37-11-8-12-38-80)115-76-82(91-50-34-62-113(126-106-55-27-17-43-94(106)95-44-18-28-56-107(95)126)120(91)130-110-59-31-21-47-98(110)99-48-22-32-60-111(99)130)64-74-101(115)123(118)100-73-63-81(75-114(100)127(116)102-51-23-13-39-88(102)79-35-9-7-10-36-79)90-49-33-61-112(125-104-53-25-15-41-92(104)93-42-16-26-54-105(93)125)119(90)129-108-57-29-19-45-96(108)97-46-20-30-58-109(97)129/h7-78H,1-6H3. The van der Waals surface area contributed by atoms with Crippen molar-refractivity contribution < 1.29 is 0 Å². The highest BCUT2D eigenvalue weighted by atomic mass is 15.2. The summed E-state index contributed by atoms with van der Waals surface area (Å²) in [5.41, 5.74) is 37.6. The summed E-state index contributed by atoms with van der Waals surface area (Å²) >= 11 is 0. The van der Waals surface area contributed by atoms with Crippen LogP contribution in [0.2, 0.25) is 0 Å². The Balaban J connectivity index is 0.828. The number of fused-ring (bicyclic) bond motifs is 16. The maximum absolute atomic E-state index is 2.67. The van der Waals surface area contributed by atoms with Gasteiger partial charge in [0.15, 0.2) is 0 Å². The van der Waals surface area contributed by atoms with E-state index in [9.17, 15) is 0 Å². The first-order valence-corrected chi connectivity index (χ1v) is 45.4. The minimum absolute atomic E-state index is 0.104. The smallest absolute Gasteiger partial charge is 0.252 e. The summed E-state index contributed by atoms with van der Waals surface area (Å²) in [6.45, 7) is 13.5. The van der Waals surface area contributed by atoms with Crippen LogP contribution in [0.3, 0.4) is 0 Å². The summed E-state index contributed by atoms with van der Waals surface area (Å²) < 4.78 is 10.2. The summed E-state index contributed by atoms with van der Waals surface area (Å²) in [7, 11) is 0. The molecule has 6 heterocycles. The molecule has 8 heteroatoms. The molecule has 0 spiro atoms. The van der Waals surface area contributed by atoms with Crippen molar-refractivity contribution in [1.82, 2.24) is 18.3 Å². The minimum Gasteiger partial charge on any atom is -0.311 e. The largest absolute Gasteiger partial charge is 0.311 e. The van der Waals surface area contributed by atoms with E-state index in [1.54, 1.807) is 0 Å². The summed E-state index contributed by atoms with van der Waals surface area (Å²) in [5.74, 6) is 0. The van der Waals surface area contributed by atoms with Gasteiger partial charge in [-0.05, 0) is 182 Å². The van der Waals surface area contributed by atoms with Crippen LogP contribution in [0, 0.1) is 0 Å². The third-order valence-electron chi connectivity index (χ3n) is 27.7. The summed E-state index contributed by atoms with van der Waals surface area (Å²) in [4.78, 5) is 7.86. The van der Waals surface area contributed by atoms with Gasteiger partial charge in [0, 0.05) is 99.5 Å². The Morgan fingerprint density at radius 2 is 0.477 bits per heavy atom. The maximum Gasteiger partial charge on any atom is 0.252 e. The van der Waals surface area contributed by atoms with Crippen molar-refractivity contribution in [1.29, 1.82) is 0 Å². The molecule has 0 aliphatic carbocycles. The van der Waals surface area contributed by atoms with Crippen molar-refractivity contribution in [2.45, 2.75) is 52.4 Å². The molecule has 7 nitrogen and oxygen atoms in total. The number of para-hydroxylation sites is 12. The van der Waals surface area contributed by atoms with E-state index in [2.05, 4.69) is 511 Å². The molecule has 0 amide bonds. The van der Waals surface area contributed by atoms with Gasteiger partial charge in [0.1, 0.15) is 0 Å². The minimum atomic E-state index is -0.348.